The van der Waals surface area contributed by atoms with E-state index in [0.717, 1.165) is 12.5 Å². The van der Waals surface area contributed by atoms with Gasteiger partial charge in [-0.1, -0.05) is 13.8 Å². The van der Waals surface area contributed by atoms with Gasteiger partial charge < -0.3 is 5.11 Å². The van der Waals surface area contributed by atoms with Crippen LogP contribution in [0, 0.1) is 5.92 Å². The fourth-order valence-corrected chi connectivity index (χ4v) is 0.434. The Labute approximate surface area is 60.9 Å². The van der Waals surface area contributed by atoms with E-state index in [0.29, 0.717) is 5.92 Å². The number of aliphatic carboxylic acids is 1. The van der Waals surface area contributed by atoms with Gasteiger partial charge in [0.15, 0.2) is 0 Å². The zero-order valence-corrected chi connectivity index (χ0v) is 6.29. The molecule has 10 heavy (non-hydrogen) atoms. The third kappa shape index (κ3) is 6.99. The summed E-state index contributed by atoms with van der Waals surface area (Å²) in [7, 11) is 0. The second kappa shape index (κ2) is 4.83. The summed E-state index contributed by atoms with van der Waals surface area (Å²) in [5.74, 6) is -0.380. The second-order valence-electron chi connectivity index (χ2n) is 2.48. The van der Waals surface area contributed by atoms with E-state index in [2.05, 4.69) is 19.6 Å². The molecule has 0 aliphatic carbocycles. The Balaban J connectivity index is 3.65. The molecule has 0 heterocycles. The SMILES string of the molecule is CC(C)CC=C=CC(=O)O. The van der Waals surface area contributed by atoms with E-state index in [1.807, 2.05) is 0 Å². The number of rotatable bonds is 3. The Morgan fingerprint density at radius 2 is 2.30 bits per heavy atom. The zero-order chi connectivity index (χ0) is 7.98. The first-order chi connectivity index (χ1) is 4.63. The maximum absolute atomic E-state index is 9.91. The summed E-state index contributed by atoms with van der Waals surface area (Å²) in [4.78, 5) is 9.91. The van der Waals surface area contributed by atoms with Crippen molar-refractivity contribution in [2.75, 3.05) is 0 Å². The average molecular weight is 140 g/mol. The van der Waals surface area contributed by atoms with Crippen molar-refractivity contribution in [2.24, 2.45) is 5.92 Å². The predicted molar refractivity (Wildman–Crippen MR) is 39.7 cm³/mol. The topological polar surface area (TPSA) is 37.3 Å². The van der Waals surface area contributed by atoms with Crippen LogP contribution in [0.2, 0.25) is 0 Å². The number of hydrogen-bond acceptors (Lipinski definition) is 1. The van der Waals surface area contributed by atoms with E-state index in [9.17, 15) is 4.79 Å². The molecule has 0 amide bonds. The molecule has 0 saturated carbocycles. The lowest BCUT2D eigenvalue weighted by Crippen LogP contribution is -1.84. The van der Waals surface area contributed by atoms with E-state index in [1.165, 1.54) is 0 Å². The van der Waals surface area contributed by atoms with Crippen LogP contribution >= 0.6 is 0 Å². The monoisotopic (exact) mass is 140 g/mol. The highest BCUT2D eigenvalue weighted by Gasteiger charge is 1.85. The van der Waals surface area contributed by atoms with E-state index in [4.69, 9.17) is 5.11 Å². The maximum Gasteiger partial charge on any atom is 0.336 e. The quantitative estimate of drug-likeness (QED) is 0.479. The van der Waals surface area contributed by atoms with E-state index >= 15 is 0 Å². The van der Waals surface area contributed by atoms with Gasteiger partial charge in [0.25, 0.3) is 0 Å². The maximum atomic E-state index is 9.91. The summed E-state index contributed by atoms with van der Waals surface area (Å²) in [6, 6.07) is 0. The van der Waals surface area contributed by atoms with Gasteiger partial charge in [-0.2, -0.15) is 0 Å². The summed E-state index contributed by atoms with van der Waals surface area (Å²) < 4.78 is 0. The van der Waals surface area contributed by atoms with Crippen molar-refractivity contribution >= 4 is 5.97 Å². The van der Waals surface area contributed by atoms with Crippen LogP contribution in [0.4, 0.5) is 0 Å². The standard InChI is InChI=1S/C8H12O2/c1-7(2)5-3-4-6-8(9)10/h3,6-7H,5H2,1-2H3,(H,9,10). The highest BCUT2D eigenvalue weighted by atomic mass is 16.4. The lowest BCUT2D eigenvalue weighted by atomic mass is 10.1. The summed E-state index contributed by atoms with van der Waals surface area (Å²) in [6.07, 6.45) is 3.63. The van der Waals surface area contributed by atoms with Crippen LogP contribution in [0.15, 0.2) is 17.9 Å². The molecule has 0 aromatic rings. The Morgan fingerprint density at radius 3 is 2.70 bits per heavy atom. The van der Waals surface area contributed by atoms with Crippen LogP contribution in [0.25, 0.3) is 0 Å². The summed E-state index contributed by atoms with van der Waals surface area (Å²) in [6.45, 7) is 4.14. The zero-order valence-electron chi connectivity index (χ0n) is 6.29. The molecule has 0 aromatic heterocycles. The van der Waals surface area contributed by atoms with Crippen molar-refractivity contribution in [1.29, 1.82) is 0 Å². The van der Waals surface area contributed by atoms with Gasteiger partial charge >= 0.3 is 5.97 Å². The molecule has 1 N–H and O–H groups in total. The Morgan fingerprint density at radius 1 is 1.70 bits per heavy atom. The molecular weight excluding hydrogens is 128 g/mol. The van der Waals surface area contributed by atoms with Crippen LogP contribution in [-0.4, -0.2) is 11.1 Å². The highest BCUT2D eigenvalue weighted by molar-refractivity contribution is 5.79. The molecule has 0 spiro atoms. The first kappa shape index (κ1) is 8.99. The van der Waals surface area contributed by atoms with Gasteiger partial charge in [0, 0.05) is 0 Å². The molecule has 56 valence electrons. The van der Waals surface area contributed by atoms with E-state index in [1.54, 1.807) is 6.08 Å². The molecule has 0 radical (unpaired) electrons. The Kier molecular flexibility index (Phi) is 4.34. The molecular formula is C8H12O2. The normalized spacial score (nSPS) is 8.70. The van der Waals surface area contributed by atoms with Gasteiger partial charge in [-0.05, 0) is 18.4 Å². The first-order valence-electron chi connectivity index (χ1n) is 3.26. The largest absolute Gasteiger partial charge is 0.478 e. The number of carboxylic acid groups (broad SMARTS) is 1. The number of carbonyl (C=O) groups is 1. The second-order valence-corrected chi connectivity index (χ2v) is 2.48. The van der Waals surface area contributed by atoms with Gasteiger partial charge in [-0.25, -0.2) is 4.79 Å². The molecule has 0 aliphatic rings. The van der Waals surface area contributed by atoms with Crippen molar-refractivity contribution in [2.45, 2.75) is 20.3 Å². The van der Waals surface area contributed by atoms with Crippen molar-refractivity contribution in [3.05, 3.63) is 17.9 Å². The third-order valence-corrected chi connectivity index (χ3v) is 0.914. The molecule has 0 saturated heterocycles. The highest BCUT2D eigenvalue weighted by Crippen LogP contribution is 1.97. The lowest BCUT2D eigenvalue weighted by molar-refractivity contribution is -0.131. The van der Waals surface area contributed by atoms with Crippen molar-refractivity contribution in [1.82, 2.24) is 0 Å². The van der Waals surface area contributed by atoms with E-state index < -0.39 is 5.97 Å². The molecule has 0 atom stereocenters. The van der Waals surface area contributed by atoms with Crippen molar-refractivity contribution < 1.29 is 9.90 Å². The lowest BCUT2D eigenvalue weighted by Gasteiger charge is -1.92. The average Bonchev–Trinajstić information content (AvgIpc) is 1.79. The minimum absolute atomic E-state index is 0.565. The van der Waals surface area contributed by atoms with Crippen LogP contribution in [0.5, 0.6) is 0 Å². The summed E-state index contributed by atoms with van der Waals surface area (Å²) in [5.41, 5.74) is 2.57. The van der Waals surface area contributed by atoms with Gasteiger partial charge in [0.1, 0.15) is 0 Å². The van der Waals surface area contributed by atoms with Gasteiger partial charge in [-0.15, -0.1) is 5.73 Å². The fourth-order valence-electron chi connectivity index (χ4n) is 0.434. The molecule has 0 aromatic carbocycles. The smallest absolute Gasteiger partial charge is 0.336 e. The number of carboxylic acids is 1. The molecule has 0 fully saturated rings. The predicted octanol–water partition coefficient (Wildman–Crippen LogP) is 1.83. The van der Waals surface area contributed by atoms with Crippen LogP contribution < -0.4 is 0 Å². The minimum Gasteiger partial charge on any atom is -0.478 e. The van der Waals surface area contributed by atoms with Gasteiger partial charge in [0.2, 0.25) is 0 Å². The molecule has 0 rings (SSSR count). The Hall–Kier alpha value is -1.01. The van der Waals surface area contributed by atoms with Crippen LogP contribution in [-0.2, 0) is 4.79 Å². The van der Waals surface area contributed by atoms with Gasteiger partial charge in [-0.3, -0.25) is 0 Å². The van der Waals surface area contributed by atoms with E-state index in [-0.39, 0.29) is 0 Å². The molecule has 0 bridgehead atoms. The minimum atomic E-state index is -0.944. The first-order valence-corrected chi connectivity index (χ1v) is 3.26. The molecule has 0 aliphatic heterocycles. The number of hydrogen-bond donors (Lipinski definition) is 1. The third-order valence-electron chi connectivity index (χ3n) is 0.914. The summed E-state index contributed by atoms with van der Waals surface area (Å²) >= 11 is 0. The van der Waals surface area contributed by atoms with Crippen LogP contribution in [0.3, 0.4) is 0 Å². The molecule has 2 heteroatoms. The molecule has 2 nitrogen and oxygen atoms in total. The Bertz CT molecular complexity index is 162. The van der Waals surface area contributed by atoms with Gasteiger partial charge in [0.05, 0.1) is 6.08 Å². The van der Waals surface area contributed by atoms with Crippen molar-refractivity contribution in [3.8, 4) is 0 Å². The van der Waals surface area contributed by atoms with Crippen LogP contribution in [0.1, 0.15) is 20.3 Å². The fraction of sp³-hybridized carbons (Fsp3) is 0.500. The van der Waals surface area contributed by atoms with Crippen molar-refractivity contribution in [3.63, 3.8) is 0 Å². The molecule has 0 unspecified atom stereocenters. The summed E-state index contributed by atoms with van der Waals surface area (Å²) in [5, 5.41) is 8.14.